The molecule has 4 atom stereocenters. The lowest BCUT2D eigenvalue weighted by molar-refractivity contribution is -0.255. The van der Waals surface area contributed by atoms with E-state index in [9.17, 15) is 18.6 Å². The van der Waals surface area contributed by atoms with Crippen LogP contribution in [0.3, 0.4) is 0 Å². The average molecular weight is 759 g/mol. The molecule has 1 aliphatic rings. The highest BCUT2D eigenvalue weighted by Gasteiger charge is 2.42. The van der Waals surface area contributed by atoms with Gasteiger partial charge in [-0.2, -0.15) is 4.68 Å². The fourth-order valence-electron chi connectivity index (χ4n) is 6.59. The highest BCUT2D eigenvalue weighted by atomic mass is 32.2. The number of rotatable bonds is 11. The largest absolute Gasteiger partial charge is 0.508 e. The topological polar surface area (TPSA) is 162 Å². The van der Waals surface area contributed by atoms with Gasteiger partial charge in [-0.3, -0.25) is 9.71 Å². The molecule has 0 aliphatic carbocycles. The number of sulfonamides is 1. The first kappa shape index (κ1) is 35.4. The number of thioether (sulfide) groups is 1. The van der Waals surface area contributed by atoms with E-state index in [1.165, 1.54) is 17.8 Å². The summed E-state index contributed by atoms with van der Waals surface area (Å²) in [6.07, 6.45) is -0.279. The zero-order chi connectivity index (χ0) is 37.1. The van der Waals surface area contributed by atoms with Crippen molar-refractivity contribution in [1.29, 1.82) is 0 Å². The maximum absolute atomic E-state index is 13.7. The van der Waals surface area contributed by atoms with Gasteiger partial charge in [-0.1, -0.05) is 96.7 Å². The quantitative estimate of drug-likeness (QED) is 0.117. The standard InChI is InChI=1S/C40H34N6O6S2/c47-24-26-14-16-29(17-15-26)38-36(27-7-2-1-3-8-27)34(25-53-40-42-44-45-46(40)32-18-20-33(48)21-19-32)51-39(52-38)30-10-4-12-31(23-30)43-54(49,50)35-13-5-9-28-11-6-22-41-37(28)35/h1-23,34,36,38-39,43,47-48H,24-25H2/t34-,36-,38+,39?/m1/s1. The molecule has 54 heavy (non-hydrogen) atoms. The van der Waals surface area contributed by atoms with E-state index in [0.29, 0.717) is 38.8 Å². The summed E-state index contributed by atoms with van der Waals surface area (Å²) in [5, 5.41) is 33.2. The first-order chi connectivity index (χ1) is 26.4. The number of pyridine rings is 1. The first-order valence-electron chi connectivity index (χ1n) is 17.1. The lowest BCUT2D eigenvalue weighted by Gasteiger charge is -2.43. The normalized spacial score (nSPS) is 18.8. The molecule has 2 aromatic heterocycles. The second kappa shape index (κ2) is 15.4. The zero-order valence-electron chi connectivity index (χ0n) is 28.6. The Morgan fingerprint density at radius 1 is 0.796 bits per heavy atom. The van der Waals surface area contributed by atoms with E-state index in [1.807, 2.05) is 72.8 Å². The molecule has 1 unspecified atom stereocenters. The predicted octanol–water partition coefficient (Wildman–Crippen LogP) is 6.94. The number of nitrogens with one attached hydrogen (secondary N) is 1. The molecule has 1 saturated heterocycles. The van der Waals surface area contributed by atoms with Crippen LogP contribution in [-0.2, 0) is 26.1 Å². The van der Waals surface area contributed by atoms with Gasteiger partial charge in [0.05, 0.1) is 30.0 Å². The van der Waals surface area contributed by atoms with Gasteiger partial charge >= 0.3 is 0 Å². The minimum absolute atomic E-state index is 0.0694. The van der Waals surface area contributed by atoms with Crippen molar-refractivity contribution in [3.05, 3.63) is 162 Å². The van der Waals surface area contributed by atoms with Crippen molar-refractivity contribution in [3.8, 4) is 11.4 Å². The van der Waals surface area contributed by atoms with Crippen LogP contribution in [0.4, 0.5) is 5.69 Å². The van der Waals surface area contributed by atoms with Crippen LogP contribution in [0.25, 0.3) is 16.6 Å². The van der Waals surface area contributed by atoms with Gasteiger partial charge in [-0.05, 0) is 75.6 Å². The Morgan fingerprint density at radius 3 is 2.35 bits per heavy atom. The van der Waals surface area contributed by atoms with Gasteiger partial charge in [0.15, 0.2) is 6.29 Å². The van der Waals surface area contributed by atoms with E-state index < -0.39 is 28.5 Å². The summed E-state index contributed by atoms with van der Waals surface area (Å²) in [6.45, 7) is -0.0911. The Balaban J connectivity index is 1.14. The summed E-state index contributed by atoms with van der Waals surface area (Å²) >= 11 is 1.42. The van der Waals surface area contributed by atoms with E-state index in [0.717, 1.165) is 16.7 Å². The minimum atomic E-state index is -4.02. The molecule has 0 spiro atoms. The van der Waals surface area contributed by atoms with Crippen LogP contribution in [0.1, 0.15) is 40.6 Å². The summed E-state index contributed by atoms with van der Waals surface area (Å²) in [7, 11) is -4.02. The maximum Gasteiger partial charge on any atom is 0.264 e. The number of aliphatic hydroxyl groups excluding tert-OH is 1. The van der Waals surface area contributed by atoms with E-state index in [1.54, 1.807) is 65.5 Å². The molecule has 0 radical (unpaired) electrons. The fraction of sp³-hybridized carbons (Fsp3) is 0.150. The van der Waals surface area contributed by atoms with E-state index >= 15 is 0 Å². The number of phenolic OH excluding ortho intramolecular Hbond substituents is 1. The third kappa shape index (κ3) is 7.42. The number of ether oxygens (including phenoxy) is 2. The van der Waals surface area contributed by atoms with Crippen molar-refractivity contribution in [2.45, 2.75) is 41.1 Å². The number of para-hydroxylation sites is 1. The molecule has 3 N–H and O–H groups in total. The molecule has 272 valence electrons. The summed E-state index contributed by atoms with van der Waals surface area (Å²) in [4.78, 5) is 4.40. The van der Waals surface area contributed by atoms with Crippen LogP contribution >= 0.6 is 11.8 Å². The van der Waals surface area contributed by atoms with Gasteiger partial charge < -0.3 is 19.7 Å². The van der Waals surface area contributed by atoms with Crippen LogP contribution in [0, 0.1) is 0 Å². The van der Waals surface area contributed by atoms with Crippen molar-refractivity contribution < 1.29 is 28.1 Å². The number of anilines is 1. The number of nitrogens with zero attached hydrogens (tertiary/aromatic N) is 5. The number of hydrogen-bond donors (Lipinski definition) is 3. The van der Waals surface area contributed by atoms with E-state index in [2.05, 4.69) is 25.2 Å². The number of aromatic nitrogens is 5. The van der Waals surface area contributed by atoms with Gasteiger partial charge in [0.25, 0.3) is 10.0 Å². The summed E-state index contributed by atoms with van der Waals surface area (Å²) < 4.78 is 45.5. The van der Waals surface area contributed by atoms with Crippen LogP contribution < -0.4 is 4.72 Å². The van der Waals surface area contributed by atoms with Gasteiger partial charge in [0.1, 0.15) is 10.6 Å². The Labute approximate surface area is 315 Å². The molecule has 0 saturated carbocycles. The molecule has 8 rings (SSSR count). The molecule has 7 aromatic rings. The van der Waals surface area contributed by atoms with Gasteiger partial charge in [-0.15, -0.1) is 5.10 Å². The highest BCUT2D eigenvalue weighted by Crippen LogP contribution is 2.48. The molecule has 0 bridgehead atoms. The number of tetrazole rings is 1. The fourth-order valence-corrected chi connectivity index (χ4v) is 8.77. The van der Waals surface area contributed by atoms with Crippen LogP contribution in [0.5, 0.6) is 5.75 Å². The van der Waals surface area contributed by atoms with E-state index in [4.69, 9.17) is 9.47 Å². The molecule has 1 aliphatic heterocycles. The number of phenols is 1. The molecule has 14 heteroatoms. The Morgan fingerprint density at radius 2 is 1.56 bits per heavy atom. The van der Waals surface area contributed by atoms with Crippen molar-refractivity contribution in [2.75, 3.05) is 10.5 Å². The predicted molar refractivity (Wildman–Crippen MR) is 204 cm³/mol. The lowest BCUT2D eigenvalue weighted by Crippen LogP contribution is -2.38. The zero-order valence-corrected chi connectivity index (χ0v) is 30.2. The molecular weight excluding hydrogens is 725 g/mol. The van der Waals surface area contributed by atoms with Crippen LogP contribution in [-0.4, -0.2) is 55.7 Å². The van der Waals surface area contributed by atoms with Gasteiger partial charge in [0, 0.05) is 34.5 Å². The Bertz CT molecular complexity index is 2480. The maximum atomic E-state index is 13.7. The molecule has 12 nitrogen and oxygen atoms in total. The molecule has 3 heterocycles. The third-order valence-corrected chi connectivity index (χ3v) is 11.6. The first-order valence-corrected chi connectivity index (χ1v) is 19.6. The van der Waals surface area contributed by atoms with Gasteiger partial charge in [0.2, 0.25) is 5.16 Å². The van der Waals surface area contributed by atoms with Crippen LogP contribution in [0.15, 0.2) is 150 Å². The number of aromatic hydroxyl groups is 1. The second-order valence-corrected chi connectivity index (χ2v) is 15.3. The highest BCUT2D eigenvalue weighted by molar-refractivity contribution is 7.99. The number of benzene rings is 5. The molecular formula is C40H34N6O6S2. The third-order valence-electron chi connectivity index (χ3n) is 9.18. The van der Waals surface area contributed by atoms with Gasteiger partial charge in [-0.25, -0.2) is 8.42 Å². The summed E-state index contributed by atoms with van der Waals surface area (Å²) in [5.41, 5.74) is 4.67. The summed E-state index contributed by atoms with van der Waals surface area (Å²) in [6, 6.07) is 39.9. The second-order valence-electron chi connectivity index (χ2n) is 12.7. The van der Waals surface area contributed by atoms with Crippen molar-refractivity contribution >= 4 is 38.4 Å². The van der Waals surface area contributed by atoms with E-state index in [-0.39, 0.29) is 23.2 Å². The number of fused-ring (bicyclic) bond motifs is 1. The molecule has 5 aromatic carbocycles. The van der Waals surface area contributed by atoms with Crippen LogP contribution in [0.2, 0.25) is 0 Å². The SMILES string of the molecule is O=S(=O)(Nc1cccc(C2O[C@H](CSc3nnnn3-c3ccc(O)cc3)[C@@H](c3ccccc3)[C@H](c3ccc(CO)cc3)O2)c1)c1cccc2cccnc12. The summed E-state index contributed by atoms with van der Waals surface area (Å²) in [5.74, 6) is 0.270. The monoisotopic (exact) mass is 758 g/mol. The number of hydrogen-bond acceptors (Lipinski definition) is 11. The lowest BCUT2D eigenvalue weighted by atomic mass is 9.84. The minimum Gasteiger partial charge on any atom is -0.508 e. The Hall–Kier alpha value is -5.64. The van der Waals surface area contributed by atoms with Crippen molar-refractivity contribution in [1.82, 2.24) is 25.2 Å². The Kier molecular flexibility index (Phi) is 10.1. The van der Waals surface area contributed by atoms with Crippen molar-refractivity contribution in [2.24, 2.45) is 0 Å². The average Bonchev–Trinajstić information content (AvgIpc) is 3.69. The van der Waals surface area contributed by atoms with Crippen molar-refractivity contribution in [3.63, 3.8) is 0 Å². The molecule has 0 amide bonds. The molecule has 1 fully saturated rings. The smallest absolute Gasteiger partial charge is 0.264 e. The number of aliphatic hydroxyl groups is 1.